The standard InChI is InChI=1S/C10H16F4N2O3/c1-9(2,3)5(6(17)18)16-8(19)15-4-10(13,14)7(11)12/h5,7H,4H2,1-3H3,(H,17,18)(H2,15,16,19). The van der Waals surface area contributed by atoms with Crippen LogP contribution in [0.3, 0.4) is 0 Å². The molecule has 0 spiro atoms. The molecule has 0 aliphatic heterocycles. The van der Waals surface area contributed by atoms with Gasteiger partial charge in [-0.3, -0.25) is 0 Å². The number of nitrogens with one attached hydrogen (secondary N) is 2. The zero-order valence-corrected chi connectivity index (χ0v) is 10.6. The summed E-state index contributed by atoms with van der Waals surface area (Å²) in [5.41, 5.74) is -0.867. The molecule has 0 aliphatic carbocycles. The molecule has 5 nitrogen and oxygen atoms in total. The second-order valence-electron chi connectivity index (χ2n) is 5.03. The minimum atomic E-state index is -4.36. The summed E-state index contributed by atoms with van der Waals surface area (Å²) < 4.78 is 48.7. The lowest BCUT2D eigenvalue weighted by atomic mass is 9.87. The van der Waals surface area contributed by atoms with Crippen LogP contribution >= 0.6 is 0 Å². The van der Waals surface area contributed by atoms with Crippen LogP contribution in [0.4, 0.5) is 22.4 Å². The van der Waals surface area contributed by atoms with Gasteiger partial charge in [0.05, 0.1) is 6.54 Å². The molecule has 0 fully saturated rings. The van der Waals surface area contributed by atoms with E-state index in [0.29, 0.717) is 0 Å². The third-order valence-corrected chi connectivity index (χ3v) is 2.19. The summed E-state index contributed by atoms with van der Waals surface area (Å²) in [6, 6.07) is -2.59. The lowest BCUT2D eigenvalue weighted by Gasteiger charge is -2.28. The number of carboxylic acids is 1. The van der Waals surface area contributed by atoms with Crippen molar-refractivity contribution in [1.82, 2.24) is 10.6 Å². The monoisotopic (exact) mass is 288 g/mol. The van der Waals surface area contributed by atoms with E-state index in [2.05, 4.69) is 0 Å². The first-order valence-corrected chi connectivity index (χ1v) is 5.31. The lowest BCUT2D eigenvalue weighted by Crippen LogP contribution is -2.54. The molecule has 19 heavy (non-hydrogen) atoms. The Bertz CT molecular complexity index is 342. The highest BCUT2D eigenvalue weighted by atomic mass is 19.3. The second kappa shape index (κ2) is 6.07. The number of hydrogen-bond acceptors (Lipinski definition) is 2. The van der Waals surface area contributed by atoms with Crippen LogP contribution in [-0.4, -0.2) is 42.0 Å². The van der Waals surface area contributed by atoms with Crippen molar-refractivity contribution in [3.05, 3.63) is 0 Å². The fraction of sp³-hybridized carbons (Fsp3) is 0.800. The van der Waals surface area contributed by atoms with E-state index in [1.807, 2.05) is 5.32 Å². The minimum absolute atomic E-state index is 0.867. The van der Waals surface area contributed by atoms with E-state index in [4.69, 9.17) is 5.11 Å². The zero-order chi connectivity index (χ0) is 15.4. The van der Waals surface area contributed by atoms with Crippen molar-refractivity contribution in [2.45, 2.75) is 39.2 Å². The number of carbonyl (C=O) groups excluding carboxylic acids is 1. The van der Waals surface area contributed by atoms with E-state index in [9.17, 15) is 27.2 Å². The number of amides is 2. The molecule has 0 heterocycles. The SMILES string of the molecule is CC(C)(C)C(NC(=O)NCC(F)(F)C(F)F)C(=O)O. The molecule has 1 unspecified atom stereocenters. The number of carboxylic acid groups (broad SMARTS) is 1. The summed E-state index contributed by atoms with van der Waals surface area (Å²) in [7, 11) is 0. The molecule has 1 atom stereocenters. The third-order valence-electron chi connectivity index (χ3n) is 2.19. The number of alkyl halides is 4. The topological polar surface area (TPSA) is 78.4 Å². The highest BCUT2D eigenvalue weighted by molar-refractivity contribution is 5.83. The summed E-state index contributed by atoms with van der Waals surface area (Å²) >= 11 is 0. The molecular weight excluding hydrogens is 272 g/mol. The van der Waals surface area contributed by atoms with Gasteiger partial charge in [-0.1, -0.05) is 20.8 Å². The van der Waals surface area contributed by atoms with Crippen LogP contribution < -0.4 is 10.6 Å². The number of urea groups is 1. The molecule has 112 valence electrons. The number of halogens is 4. The largest absolute Gasteiger partial charge is 0.480 e. The van der Waals surface area contributed by atoms with Crippen LogP contribution in [0.25, 0.3) is 0 Å². The number of carbonyl (C=O) groups is 2. The maximum absolute atomic E-state index is 12.5. The van der Waals surface area contributed by atoms with Crippen LogP contribution in [0.2, 0.25) is 0 Å². The van der Waals surface area contributed by atoms with Gasteiger partial charge in [0.15, 0.2) is 0 Å². The molecule has 3 N–H and O–H groups in total. The Balaban J connectivity index is 4.50. The quantitative estimate of drug-likeness (QED) is 0.674. The number of aliphatic carboxylic acids is 1. The Morgan fingerprint density at radius 1 is 1.21 bits per heavy atom. The summed E-state index contributed by atoms with van der Waals surface area (Å²) in [4.78, 5) is 22.1. The van der Waals surface area contributed by atoms with Crippen LogP contribution in [0.1, 0.15) is 20.8 Å². The molecular formula is C10H16F4N2O3. The normalized spacial score (nSPS) is 14.1. The van der Waals surface area contributed by atoms with Crippen molar-refractivity contribution in [3.8, 4) is 0 Å². The van der Waals surface area contributed by atoms with E-state index >= 15 is 0 Å². The Kier molecular flexibility index (Phi) is 5.58. The predicted octanol–water partition coefficient (Wildman–Crippen LogP) is 1.69. The molecule has 0 aliphatic rings. The van der Waals surface area contributed by atoms with Gasteiger partial charge in [-0.15, -0.1) is 0 Å². The first-order valence-electron chi connectivity index (χ1n) is 5.31. The van der Waals surface area contributed by atoms with Gasteiger partial charge in [0, 0.05) is 0 Å². The van der Waals surface area contributed by atoms with Crippen molar-refractivity contribution in [2.24, 2.45) is 5.41 Å². The maximum atomic E-state index is 12.5. The molecule has 0 aromatic heterocycles. The third kappa shape index (κ3) is 5.75. The highest BCUT2D eigenvalue weighted by Crippen LogP contribution is 2.22. The van der Waals surface area contributed by atoms with E-state index in [-0.39, 0.29) is 0 Å². The molecule has 0 rings (SSSR count). The van der Waals surface area contributed by atoms with Crippen LogP contribution in [0.15, 0.2) is 0 Å². The first-order chi connectivity index (χ1) is 8.38. The smallest absolute Gasteiger partial charge is 0.326 e. The van der Waals surface area contributed by atoms with Crippen molar-refractivity contribution < 1.29 is 32.3 Å². The van der Waals surface area contributed by atoms with Crippen molar-refractivity contribution >= 4 is 12.0 Å². The summed E-state index contributed by atoms with van der Waals surface area (Å²) in [5.74, 6) is -5.72. The van der Waals surface area contributed by atoms with Crippen LogP contribution in [0, 0.1) is 5.41 Å². The van der Waals surface area contributed by atoms with Crippen molar-refractivity contribution in [2.75, 3.05) is 6.54 Å². The zero-order valence-electron chi connectivity index (χ0n) is 10.6. The fourth-order valence-electron chi connectivity index (χ4n) is 1.11. The van der Waals surface area contributed by atoms with E-state index in [0.717, 1.165) is 0 Å². The second-order valence-corrected chi connectivity index (χ2v) is 5.03. The Hall–Kier alpha value is -1.54. The number of hydrogen-bond donors (Lipinski definition) is 3. The summed E-state index contributed by atoms with van der Waals surface area (Å²) in [6.45, 7) is 2.96. The molecule has 0 bridgehead atoms. The predicted molar refractivity (Wildman–Crippen MR) is 58.4 cm³/mol. The van der Waals surface area contributed by atoms with Crippen LogP contribution in [-0.2, 0) is 4.79 Å². The summed E-state index contributed by atoms with van der Waals surface area (Å²) in [5, 5.41) is 12.3. The molecule has 0 saturated heterocycles. The van der Waals surface area contributed by atoms with Gasteiger partial charge in [0.25, 0.3) is 0 Å². The molecule has 9 heteroatoms. The number of rotatable bonds is 5. The molecule has 0 aromatic carbocycles. The van der Waals surface area contributed by atoms with Crippen LogP contribution in [0.5, 0.6) is 0 Å². The minimum Gasteiger partial charge on any atom is -0.480 e. The maximum Gasteiger partial charge on any atom is 0.326 e. The fourth-order valence-corrected chi connectivity index (χ4v) is 1.11. The lowest BCUT2D eigenvalue weighted by molar-refractivity contribution is -0.142. The van der Waals surface area contributed by atoms with E-state index in [1.54, 1.807) is 0 Å². The van der Waals surface area contributed by atoms with E-state index in [1.165, 1.54) is 26.1 Å². The molecule has 2 amide bonds. The van der Waals surface area contributed by atoms with Gasteiger partial charge in [-0.25, -0.2) is 18.4 Å². The van der Waals surface area contributed by atoms with Gasteiger partial charge in [0.1, 0.15) is 6.04 Å². The first kappa shape index (κ1) is 17.5. The Morgan fingerprint density at radius 3 is 2.00 bits per heavy atom. The average Bonchev–Trinajstić information content (AvgIpc) is 2.20. The molecule has 0 radical (unpaired) electrons. The van der Waals surface area contributed by atoms with E-state index < -0.39 is 42.3 Å². The van der Waals surface area contributed by atoms with Gasteiger partial charge < -0.3 is 15.7 Å². The molecule has 0 aromatic rings. The average molecular weight is 288 g/mol. The highest BCUT2D eigenvalue weighted by Gasteiger charge is 2.41. The summed E-state index contributed by atoms with van der Waals surface area (Å²) in [6.07, 6.45) is -3.91. The van der Waals surface area contributed by atoms with Gasteiger partial charge in [-0.05, 0) is 5.41 Å². The molecule has 0 saturated carbocycles. The van der Waals surface area contributed by atoms with Crippen molar-refractivity contribution in [3.63, 3.8) is 0 Å². The Morgan fingerprint density at radius 2 is 1.68 bits per heavy atom. The Labute approximate surface area is 107 Å². The van der Waals surface area contributed by atoms with Gasteiger partial charge in [-0.2, -0.15) is 8.78 Å². The van der Waals surface area contributed by atoms with Gasteiger partial charge >= 0.3 is 24.3 Å². The van der Waals surface area contributed by atoms with Gasteiger partial charge in [0.2, 0.25) is 0 Å². The van der Waals surface area contributed by atoms with Crippen molar-refractivity contribution in [1.29, 1.82) is 0 Å².